The zero-order valence-electron chi connectivity index (χ0n) is 14.6. The first-order chi connectivity index (χ1) is 10.3. The topological polar surface area (TPSA) is 31.2 Å². The molecule has 22 heavy (non-hydrogen) atoms. The highest BCUT2D eigenvalue weighted by molar-refractivity contribution is 6.08. The van der Waals surface area contributed by atoms with Crippen molar-refractivity contribution in [1.82, 2.24) is 4.57 Å². The maximum Gasteiger partial charge on any atom is 0.162 e. The Morgan fingerprint density at radius 3 is 2.50 bits per heavy atom. The van der Waals surface area contributed by atoms with Gasteiger partial charge in [-0.2, -0.15) is 0 Å². The van der Waals surface area contributed by atoms with Crippen LogP contribution in [0.3, 0.4) is 0 Å². The summed E-state index contributed by atoms with van der Waals surface area (Å²) >= 11 is 0. The summed E-state index contributed by atoms with van der Waals surface area (Å²) in [5.41, 5.74) is 3.00. The number of aromatic nitrogens is 1. The number of Topliss-reactive ketones (excluding diaryl/α,β-unsaturated/α-hetero) is 1. The summed E-state index contributed by atoms with van der Waals surface area (Å²) in [4.78, 5) is 12.1. The standard InChI is InChI=1S/C19H27NO2/c1-7-13(4)22-16-8-9-18-17(10-16)19(15(6)21)14(5)20(18)11-12(2)3/h8-10,12-13H,7,11H2,1-6H3. The van der Waals surface area contributed by atoms with E-state index in [1.165, 1.54) is 0 Å². The fourth-order valence-electron chi connectivity index (χ4n) is 2.90. The maximum absolute atomic E-state index is 12.1. The molecule has 0 bridgehead atoms. The summed E-state index contributed by atoms with van der Waals surface area (Å²) in [6.45, 7) is 13.1. The molecule has 0 radical (unpaired) electrons. The summed E-state index contributed by atoms with van der Waals surface area (Å²) in [6, 6.07) is 6.10. The minimum absolute atomic E-state index is 0.116. The van der Waals surface area contributed by atoms with E-state index in [9.17, 15) is 4.79 Å². The van der Waals surface area contributed by atoms with E-state index in [1.54, 1.807) is 6.92 Å². The number of carbonyl (C=O) groups is 1. The van der Waals surface area contributed by atoms with E-state index < -0.39 is 0 Å². The summed E-state index contributed by atoms with van der Waals surface area (Å²) in [5.74, 6) is 1.49. The molecule has 2 aromatic rings. The van der Waals surface area contributed by atoms with E-state index in [0.717, 1.165) is 40.9 Å². The van der Waals surface area contributed by atoms with E-state index in [1.807, 2.05) is 19.1 Å². The number of nitrogens with zero attached hydrogens (tertiary/aromatic N) is 1. The van der Waals surface area contributed by atoms with Crippen LogP contribution in [0, 0.1) is 12.8 Å². The van der Waals surface area contributed by atoms with Crippen LogP contribution in [0.2, 0.25) is 0 Å². The summed E-state index contributed by atoms with van der Waals surface area (Å²) in [6.07, 6.45) is 1.14. The molecule has 0 N–H and O–H groups in total. The molecule has 0 spiro atoms. The molecule has 1 aromatic carbocycles. The van der Waals surface area contributed by atoms with Crippen LogP contribution in [0.5, 0.6) is 5.75 Å². The van der Waals surface area contributed by atoms with Gasteiger partial charge in [-0.15, -0.1) is 0 Å². The average Bonchev–Trinajstić information content (AvgIpc) is 2.70. The van der Waals surface area contributed by atoms with Crippen molar-refractivity contribution in [3.63, 3.8) is 0 Å². The van der Waals surface area contributed by atoms with E-state index in [4.69, 9.17) is 4.74 Å². The van der Waals surface area contributed by atoms with Gasteiger partial charge >= 0.3 is 0 Å². The molecular weight excluding hydrogens is 274 g/mol. The number of ketones is 1. The molecule has 1 atom stereocenters. The Morgan fingerprint density at radius 1 is 1.27 bits per heavy atom. The summed E-state index contributed by atoms with van der Waals surface area (Å²) in [7, 11) is 0. The second kappa shape index (κ2) is 6.55. The van der Waals surface area contributed by atoms with Crippen LogP contribution in [-0.4, -0.2) is 16.5 Å². The van der Waals surface area contributed by atoms with Crippen LogP contribution in [-0.2, 0) is 6.54 Å². The lowest BCUT2D eigenvalue weighted by atomic mass is 10.1. The second-order valence-corrected chi connectivity index (χ2v) is 6.54. The zero-order chi connectivity index (χ0) is 16.4. The molecule has 1 unspecified atom stereocenters. The lowest BCUT2D eigenvalue weighted by Crippen LogP contribution is -2.09. The van der Waals surface area contributed by atoms with Crippen LogP contribution >= 0.6 is 0 Å². The van der Waals surface area contributed by atoms with Gasteiger partial charge in [0, 0.05) is 28.7 Å². The van der Waals surface area contributed by atoms with Gasteiger partial charge in [-0.1, -0.05) is 20.8 Å². The quantitative estimate of drug-likeness (QED) is 0.704. The number of carbonyl (C=O) groups excluding carboxylic acids is 1. The van der Waals surface area contributed by atoms with Gasteiger partial charge in [0.2, 0.25) is 0 Å². The number of rotatable bonds is 6. The van der Waals surface area contributed by atoms with Crippen LogP contribution in [0.15, 0.2) is 18.2 Å². The lowest BCUT2D eigenvalue weighted by Gasteiger charge is -2.13. The molecule has 2 rings (SSSR count). The molecule has 0 saturated heterocycles. The number of ether oxygens (including phenoxy) is 1. The SMILES string of the molecule is CCC(C)Oc1ccc2c(c1)c(C(C)=O)c(C)n2CC(C)C. The van der Waals surface area contributed by atoms with Gasteiger partial charge in [-0.05, 0) is 51.3 Å². The van der Waals surface area contributed by atoms with Gasteiger partial charge in [0.15, 0.2) is 5.78 Å². The largest absolute Gasteiger partial charge is 0.491 e. The Hall–Kier alpha value is -1.77. The van der Waals surface area contributed by atoms with E-state index >= 15 is 0 Å². The lowest BCUT2D eigenvalue weighted by molar-refractivity contribution is 0.101. The Morgan fingerprint density at radius 2 is 1.95 bits per heavy atom. The van der Waals surface area contributed by atoms with E-state index in [-0.39, 0.29) is 11.9 Å². The Kier molecular flexibility index (Phi) is 4.94. The molecular formula is C19H27NO2. The molecule has 0 fully saturated rings. The normalized spacial score (nSPS) is 12.9. The third kappa shape index (κ3) is 3.18. The van der Waals surface area contributed by atoms with E-state index in [2.05, 4.69) is 38.3 Å². The third-order valence-corrected chi connectivity index (χ3v) is 4.11. The highest BCUT2D eigenvalue weighted by Gasteiger charge is 2.18. The van der Waals surface area contributed by atoms with Crippen molar-refractivity contribution in [3.05, 3.63) is 29.5 Å². The van der Waals surface area contributed by atoms with Gasteiger partial charge in [-0.3, -0.25) is 4.79 Å². The number of hydrogen-bond acceptors (Lipinski definition) is 2. The van der Waals surface area contributed by atoms with Crippen LogP contribution < -0.4 is 4.74 Å². The minimum atomic E-state index is 0.116. The predicted octanol–water partition coefficient (Wildman–Crippen LogP) is 4.99. The molecule has 0 aliphatic heterocycles. The van der Waals surface area contributed by atoms with Gasteiger partial charge in [0.25, 0.3) is 0 Å². The molecule has 0 saturated carbocycles. The van der Waals surface area contributed by atoms with Crippen LogP contribution in [0.4, 0.5) is 0 Å². The summed E-state index contributed by atoms with van der Waals surface area (Å²) < 4.78 is 8.17. The maximum atomic E-state index is 12.1. The zero-order valence-corrected chi connectivity index (χ0v) is 14.6. The fourth-order valence-corrected chi connectivity index (χ4v) is 2.90. The van der Waals surface area contributed by atoms with Crippen molar-refractivity contribution in [2.24, 2.45) is 5.92 Å². The molecule has 0 aliphatic carbocycles. The molecule has 1 heterocycles. The van der Waals surface area contributed by atoms with Gasteiger partial charge < -0.3 is 9.30 Å². The molecule has 3 nitrogen and oxygen atoms in total. The predicted molar refractivity (Wildman–Crippen MR) is 91.9 cm³/mol. The molecule has 0 amide bonds. The van der Waals surface area contributed by atoms with E-state index in [0.29, 0.717) is 5.92 Å². The molecule has 3 heteroatoms. The Labute approximate surface area is 133 Å². The molecule has 0 aliphatic rings. The van der Waals surface area contributed by atoms with Crippen molar-refractivity contribution in [3.8, 4) is 5.75 Å². The summed E-state index contributed by atoms with van der Waals surface area (Å²) in [5, 5.41) is 1.01. The van der Waals surface area contributed by atoms with Crippen LogP contribution in [0.1, 0.15) is 57.1 Å². The van der Waals surface area contributed by atoms with Gasteiger partial charge in [0.1, 0.15) is 5.75 Å². The van der Waals surface area contributed by atoms with Crippen molar-refractivity contribution in [2.75, 3.05) is 0 Å². The van der Waals surface area contributed by atoms with Crippen molar-refractivity contribution >= 4 is 16.7 Å². The first kappa shape index (κ1) is 16.6. The van der Waals surface area contributed by atoms with Gasteiger partial charge in [-0.25, -0.2) is 0 Å². The highest BCUT2D eigenvalue weighted by atomic mass is 16.5. The fraction of sp³-hybridized carbons (Fsp3) is 0.526. The molecule has 120 valence electrons. The Bertz CT molecular complexity index is 682. The minimum Gasteiger partial charge on any atom is -0.491 e. The van der Waals surface area contributed by atoms with Gasteiger partial charge in [0.05, 0.1) is 6.10 Å². The average molecular weight is 301 g/mol. The van der Waals surface area contributed by atoms with Crippen molar-refractivity contribution in [1.29, 1.82) is 0 Å². The molecule has 1 aromatic heterocycles. The van der Waals surface area contributed by atoms with Crippen molar-refractivity contribution in [2.45, 2.75) is 60.6 Å². The number of benzene rings is 1. The smallest absolute Gasteiger partial charge is 0.162 e. The number of fused-ring (bicyclic) bond motifs is 1. The highest BCUT2D eigenvalue weighted by Crippen LogP contribution is 2.31. The third-order valence-electron chi connectivity index (χ3n) is 4.11. The Balaban J connectivity index is 2.59. The van der Waals surface area contributed by atoms with Crippen molar-refractivity contribution < 1.29 is 9.53 Å². The van der Waals surface area contributed by atoms with Crippen LogP contribution in [0.25, 0.3) is 10.9 Å². The first-order valence-corrected chi connectivity index (χ1v) is 8.15. The number of hydrogen-bond donors (Lipinski definition) is 0. The monoisotopic (exact) mass is 301 g/mol. The first-order valence-electron chi connectivity index (χ1n) is 8.15. The second-order valence-electron chi connectivity index (χ2n) is 6.54.